The predicted octanol–water partition coefficient (Wildman–Crippen LogP) is 2.88. The minimum atomic E-state index is -0.873. The van der Waals surface area contributed by atoms with Crippen molar-refractivity contribution in [2.75, 3.05) is 0 Å². The Labute approximate surface area is 88.8 Å². The van der Waals surface area contributed by atoms with Crippen LogP contribution in [0.2, 0.25) is 0 Å². The number of rotatable bonds is 2. The molecule has 0 unspecified atom stereocenters. The van der Waals surface area contributed by atoms with Crippen molar-refractivity contribution in [2.24, 2.45) is 0 Å². The Morgan fingerprint density at radius 1 is 1.43 bits per heavy atom. The van der Waals surface area contributed by atoms with Gasteiger partial charge in [0, 0.05) is 4.88 Å². The molecule has 3 nitrogen and oxygen atoms in total. The number of carboxylic acids is 1. The number of nitrogens with zero attached hydrogens (tertiary/aromatic N) is 1. The quantitative estimate of drug-likeness (QED) is 0.855. The average Bonchev–Trinajstić information content (AvgIpc) is 2.70. The molecule has 2 heterocycles. The molecule has 0 saturated heterocycles. The number of thiophene rings is 1. The summed E-state index contributed by atoms with van der Waals surface area (Å²) in [7, 11) is 0. The third-order valence-corrected chi connectivity index (χ3v) is 3.84. The van der Waals surface area contributed by atoms with Crippen molar-refractivity contribution in [3.63, 3.8) is 0 Å². The van der Waals surface area contributed by atoms with Crippen molar-refractivity contribution in [3.8, 4) is 9.75 Å². The number of carboxylic acid groups (broad SMARTS) is 1. The van der Waals surface area contributed by atoms with Crippen molar-refractivity contribution in [3.05, 3.63) is 28.8 Å². The highest BCUT2D eigenvalue weighted by atomic mass is 32.1. The molecule has 2 aromatic heterocycles. The van der Waals surface area contributed by atoms with Crippen LogP contribution in [0.25, 0.3) is 9.75 Å². The van der Waals surface area contributed by atoms with Gasteiger partial charge in [0.15, 0.2) is 0 Å². The standard InChI is InChI=1S/C9H7NO2S2/c1-5-4-8(14-10-5)6-2-3-7(13-6)9(11)12/h2-4H,1H3,(H,11,12). The van der Waals surface area contributed by atoms with Crippen LogP contribution in [-0.2, 0) is 0 Å². The molecule has 0 saturated carbocycles. The second-order valence-electron chi connectivity index (χ2n) is 2.80. The normalized spacial score (nSPS) is 10.4. The molecule has 0 amide bonds. The molecule has 0 aliphatic carbocycles. The van der Waals surface area contributed by atoms with E-state index in [-0.39, 0.29) is 0 Å². The van der Waals surface area contributed by atoms with Gasteiger partial charge in [0.1, 0.15) is 4.88 Å². The number of hydrogen-bond acceptors (Lipinski definition) is 4. The minimum absolute atomic E-state index is 0.367. The molecule has 14 heavy (non-hydrogen) atoms. The van der Waals surface area contributed by atoms with Crippen molar-refractivity contribution >= 4 is 28.8 Å². The smallest absolute Gasteiger partial charge is 0.345 e. The molecule has 0 fully saturated rings. The Balaban J connectivity index is 2.38. The zero-order valence-electron chi connectivity index (χ0n) is 7.35. The SMILES string of the molecule is Cc1cc(-c2ccc(C(=O)O)s2)sn1. The molecule has 0 spiro atoms. The first-order chi connectivity index (χ1) is 6.66. The van der Waals surface area contributed by atoms with Gasteiger partial charge in [-0.2, -0.15) is 4.37 Å². The van der Waals surface area contributed by atoms with E-state index in [0.29, 0.717) is 4.88 Å². The molecule has 0 aliphatic rings. The van der Waals surface area contributed by atoms with E-state index in [4.69, 9.17) is 5.11 Å². The van der Waals surface area contributed by atoms with Gasteiger partial charge in [-0.3, -0.25) is 0 Å². The minimum Gasteiger partial charge on any atom is -0.477 e. The lowest BCUT2D eigenvalue weighted by Gasteiger charge is -1.86. The van der Waals surface area contributed by atoms with E-state index in [1.807, 2.05) is 19.1 Å². The highest BCUT2D eigenvalue weighted by Gasteiger charge is 2.09. The zero-order valence-corrected chi connectivity index (χ0v) is 8.98. The van der Waals surface area contributed by atoms with E-state index >= 15 is 0 Å². The maximum absolute atomic E-state index is 10.6. The maximum atomic E-state index is 10.6. The summed E-state index contributed by atoms with van der Waals surface area (Å²) in [4.78, 5) is 13.0. The first-order valence-corrected chi connectivity index (χ1v) is 5.52. The highest BCUT2D eigenvalue weighted by Crippen LogP contribution is 2.31. The summed E-state index contributed by atoms with van der Waals surface area (Å²) in [6.45, 7) is 1.92. The number of carbonyl (C=O) groups is 1. The lowest BCUT2D eigenvalue weighted by molar-refractivity contribution is 0.0702. The van der Waals surface area contributed by atoms with Crippen molar-refractivity contribution in [1.82, 2.24) is 4.37 Å². The second-order valence-corrected chi connectivity index (χ2v) is 4.69. The molecule has 2 rings (SSSR count). The zero-order chi connectivity index (χ0) is 10.1. The fourth-order valence-electron chi connectivity index (χ4n) is 1.06. The Bertz CT molecular complexity index is 473. The lowest BCUT2D eigenvalue weighted by atomic mass is 10.3. The molecule has 0 atom stereocenters. The van der Waals surface area contributed by atoms with E-state index < -0.39 is 5.97 Å². The summed E-state index contributed by atoms with van der Waals surface area (Å²) in [6.07, 6.45) is 0. The monoisotopic (exact) mass is 225 g/mol. The fraction of sp³-hybridized carbons (Fsp3) is 0.111. The highest BCUT2D eigenvalue weighted by molar-refractivity contribution is 7.21. The summed E-state index contributed by atoms with van der Waals surface area (Å²) < 4.78 is 4.15. The maximum Gasteiger partial charge on any atom is 0.345 e. The first kappa shape index (κ1) is 9.36. The fourth-order valence-corrected chi connectivity index (χ4v) is 2.73. The Morgan fingerprint density at radius 2 is 2.21 bits per heavy atom. The van der Waals surface area contributed by atoms with Gasteiger partial charge in [-0.1, -0.05) is 0 Å². The van der Waals surface area contributed by atoms with Gasteiger partial charge in [0.25, 0.3) is 0 Å². The molecular formula is C9H7NO2S2. The van der Waals surface area contributed by atoms with Crippen LogP contribution in [0, 0.1) is 6.92 Å². The van der Waals surface area contributed by atoms with Gasteiger partial charge in [-0.25, -0.2) is 4.79 Å². The Kier molecular flexibility index (Phi) is 2.35. The predicted molar refractivity (Wildman–Crippen MR) is 57.1 cm³/mol. The van der Waals surface area contributed by atoms with E-state index in [9.17, 15) is 4.79 Å². The lowest BCUT2D eigenvalue weighted by Crippen LogP contribution is -1.89. The van der Waals surface area contributed by atoms with Crippen LogP contribution in [-0.4, -0.2) is 15.4 Å². The van der Waals surface area contributed by atoms with Crippen molar-refractivity contribution < 1.29 is 9.90 Å². The molecule has 0 aliphatic heterocycles. The summed E-state index contributed by atoms with van der Waals surface area (Å²) in [5.41, 5.74) is 0.968. The van der Waals surface area contributed by atoms with Crippen molar-refractivity contribution in [2.45, 2.75) is 6.92 Å². The molecule has 0 aromatic carbocycles. The van der Waals surface area contributed by atoms with E-state index in [0.717, 1.165) is 15.4 Å². The van der Waals surface area contributed by atoms with Crippen molar-refractivity contribution in [1.29, 1.82) is 0 Å². The Morgan fingerprint density at radius 3 is 2.71 bits per heavy atom. The van der Waals surface area contributed by atoms with E-state index in [1.165, 1.54) is 22.9 Å². The molecule has 0 radical (unpaired) electrons. The van der Waals surface area contributed by atoms with Crippen LogP contribution in [0.15, 0.2) is 18.2 Å². The molecular weight excluding hydrogens is 218 g/mol. The van der Waals surface area contributed by atoms with E-state index in [1.54, 1.807) is 6.07 Å². The van der Waals surface area contributed by atoms with E-state index in [2.05, 4.69) is 4.37 Å². The largest absolute Gasteiger partial charge is 0.477 e. The molecule has 2 aromatic rings. The third-order valence-electron chi connectivity index (χ3n) is 1.69. The molecule has 1 N–H and O–H groups in total. The number of aryl methyl sites for hydroxylation is 1. The van der Waals surface area contributed by atoms with Gasteiger partial charge in [-0.05, 0) is 36.7 Å². The molecule has 5 heteroatoms. The van der Waals surface area contributed by atoms with Gasteiger partial charge >= 0.3 is 5.97 Å². The van der Waals surface area contributed by atoms with Crippen LogP contribution in [0.4, 0.5) is 0 Å². The van der Waals surface area contributed by atoms with Crippen LogP contribution < -0.4 is 0 Å². The number of aromatic nitrogens is 1. The summed E-state index contributed by atoms with van der Waals surface area (Å²) in [5, 5.41) is 8.75. The van der Waals surface area contributed by atoms with Gasteiger partial charge in [-0.15, -0.1) is 11.3 Å². The average molecular weight is 225 g/mol. The Hall–Kier alpha value is -1.20. The number of hydrogen-bond donors (Lipinski definition) is 1. The van der Waals surface area contributed by atoms with Gasteiger partial charge in [0.05, 0.1) is 10.6 Å². The second kappa shape index (κ2) is 3.51. The van der Waals surface area contributed by atoms with Crippen LogP contribution in [0.5, 0.6) is 0 Å². The van der Waals surface area contributed by atoms with Crippen LogP contribution >= 0.6 is 22.9 Å². The van der Waals surface area contributed by atoms with Crippen LogP contribution in [0.1, 0.15) is 15.4 Å². The number of aromatic carboxylic acids is 1. The summed E-state index contributed by atoms with van der Waals surface area (Å²) in [5.74, 6) is -0.873. The molecule has 0 bridgehead atoms. The third kappa shape index (κ3) is 1.69. The summed E-state index contributed by atoms with van der Waals surface area (Å²) in [6, 6.07) is 5.40. The van der Waals surface area contributed by atoms with Gasteiger partial charge in [0.2, 0.25) is 0 Å². The topological polar surface area (TPSA) is 50.2 Å². The van der Waals surface area contributed by atoms with Crippen LogP contribution in [0.3, 0.4) is 0 Å². The molecule has 72 valence electrons. The van der Waals surface area contributed by atoms with Gasteiger partial charge < -0.3 is 5.11 Å². The summed E-state index contributed by atoms with van der Waals surface area (Å²) >= 11 is 2.67. The first-order valence-electron chi connectivity index (χ1n) is 3.93.